The van der Waals surface area contributed by atoms with E-state index in [1.165, 1.54) is 24.3 Å². The minimum Gasteiger partial charge on any atom is -0.452 e. The number of rotatable bonds is 8. The van der Waals surface area contributed by atoms with Crippen LogP contribution in [0.15, 0.2) is 79.4 Å². The van der Waals surface area contributed by atoms with Crippen molar-refractivity contribution < 1.29 is 24.2 Å². The molecule has 34 heavy (non-hydrogen) atoms. The molecule has 0 saturated carbocycles. The van der Waals surface area contributed by atoms with Crippen LogP contribution < -0.4 is 5.32 Å². The van der Waals surface area contributed by atoms with Gasteiger partial charge < -0.3 is 10.1 Å². The predicted molar refractivity (Wildman–Crippen MR) is 131 cm³/mol. The lowest BCUT2D eigenvalue weighted by molar-refractivity contribution is -0.387. The number of nitro benzene ring substituents is 2. The van der Waals surface area contributed by atoms with E-state index in [1.807, 2.05) is 0 Å². The number of carbonyl (C=O) groups excluding carboxylic acids is 2. The first-order valence-electron chi connectivity index (χ1n) is 9.28. The number of para-hydroxylation sites is 1. The van der Waals surface area contributed by atoms with Gasteiger partial charge in [-0.15, -0.1) is 0 Å². The summed E-state index contributed by atoms with van der Waals surface area (Å²) in [6.07, 6.45) is 0. The molecule has 3 aromatic carbocycles. The van der Waals surface area contributed by atoms with Gasteiger partial charge in [-0.2, -0.15) is 0 Å². The number of non-ortho nitro benzene ring substituents is 1. The van der Waals surface area contributed by atoms with Crippen molar-refractivity contribution >= 4 is 72.6 Å². The third-order valence-electron chi connectivity index (χ3n) is 4.23. The summed E-state index contributed by atoms with van der Waals surface area (Å²) in [6, 6.07) is 14.9. The molecule has 0 heterocycles. The highest BCUT2D eigenvalue weighted by Gasteiger charge is 2.20. The molecule has 0 aliphatic carbocycles. The van der Waals surface area contributed by atoms with Crippen LogP contribution in [0.1, 0.15) is 10.4 Å². The summed E-state index contributed by atoms with van der Waals surface area (Å²) in [5, 5.41) is 24.7. The van der Waals surface area contributed by atoms with Crippen LogP contribution in [0.3, 0.4) is 0 Å². The SMILES string of the molecule is O=C(COC(=O)c1ccccc1Sc1ccccc1[N+](=O)[O-])Nc1c(Br)cc([N+](=O)[O-])cc1Br. The molecular formula is C21H13Br2N3O7S. The Hall–Kier alpha value is -3.29. The van der Waals surface area contributed by atoms with E-state index in [9.17, 15) is 29.8 Å². The number of anilines is 1. The molecule has 1 amide bonds. The molecule has 0 unspecified atom stereocenters. The van der Waals surface area contributed by atoms with E-state index in [4.69, 9.17) is 4.74 Å². The summed E-state index contributed by atoms with van der Waals surface area (Å²) in [5.74, 6) is -1.47. The molecule has 0 atom stereocenters. The molecule has 10 nitrogen and oxygen atoms in total. The number of nitrogens with zero attached hydrogens (tertiary/aromatic N) is 2. The van der Waals surface area contributed by atoms with Gasteiger partial charge in [-0.1, -0.05) is 36.0 Å². The first kappa shape index (κ1) is 25.3. The van der Waals surface area contributed by atoms with Crippen molar-refractivity contribution in [1.29, 1.82) is 0 Å². The Labute approximate surface area is 213 Å². The van der Waals surface area contributed by atoms with E-state index in [-0.39, 0.29) is 31.6 Å². The number of esters is 1. The third-order valence-corrected chi connectivity index (χ3v) is 6.62. The van der Waals surface area contributed by atoms with Gasteiger partial charge in [-0.3, -0.25) is 25.0 Å². The molecule has 3 rings (SSSR count). The van der Waals surface area contributed by atoms with Gasteiger partial charge >= 0.3 is 5.97 Å². The van der Waals surface area contributed by atoms with Gasteiger partial charge in [-0.25, -0.2) is 4.79 Å². The second kappa shape index (κ2) is 11.2. The maximum absolute atomic E-state index is 12.6. The van der Waals surface area contributed by atoms with E-state index >= 15 is 0 Å². The summed E-state index contributed by atoms with van der Waals surface area (Å²) in [4.78, 5) is 46.8. The van der Waals surface area contributed by atoms with Gasteiger partial charge in [0.1, 0.15) is 0 Å². The average molecular weight is 611 g/mol. The zero-order valence-electron chi connectivity index (χ0n) is 16.9. The highest BCUT2D eigenvalue weighted by atomic mass is 79.9. The monoisotopic (exact) mass is 609 g/mol. The Morgan fingerprint density at radius 3 is 2.12 bits per heavy atom. The van der Waals surface area contributed by atoms with Crippen molar-refractivity contribution in [2.24, 2.45) is 0 Å². The van der Waals surface area contributed by atoms with Gasteiger partial charge in [-0.05, 0) is 50.1 Å². The summed E-state index contributed by atoms with van der Waals surface area (Å²) in [5.41, 5.74) is 0.0837. The lowest BCUT2D eigenvalue weighted by atomic mass is 10.2. The zero-order valence-corrected chi connectivity index (χ0v) is 20.9. The van der Waals surface area contributed by atoms with Crippen molar-refractivity contribution in [3.05, 3.63) is 95.4 Å². The second-order valence-corrected chi connectivity index (χ2v) is 9.28. The van der Waals surface area contributed by atoms with Crippen LogP contribution >= 0.6 is 43.6 Å². The Morgan fingerprint density at radius 2 is 1.50 bits per heavy atom. The van der Waals surface area contributed by atoms with Crippen LogP contribution in [0, 0.1) is 20.2 Å². The maximum Gasteiger partial charge on any atom is 0.339 e. The van der Waals surface area contributed by atoms with Crippen LogP contribution in [-0.4, -0.2) is 28.3 Å². The fourth-order valence-electron chi connectivity index (χ4n) is 2.71. The van der Waals surface area contributed by atoms with Crippen molar-refractivity contribution in [2.75, 3.05) is 11.9 Å². The number of hydrogen-bond donors (Lipinski definition) is 1. The molecule has 0 bridgehead atoms. The Bertz CT molecular complexity index is 1280. The van der Waals surface area contributed by atoms with Crippen molar-refractivity contribution in [2.45, 2.75) is 9.79 Å². The largest absolute Gasteiger partial charge is 0.452 e. The number of carbonyl (C=O) groups is 2. The number of hydrogen-bond acceptors (Lipinski definition) is 8. The lowest BCUT2D eigenvalue weighted by Crippen LogP contribution is -2.21. The topological polar surface area (TPSA) is 142 Å². The number of nitrogens with one attached hydrogen (secondary N) is 1. The normalized spacial score (nSPS) is 10.4. The quantitative estimate of drug-likeness (QED) is 0.187. The Balaban J connectivity index is 1.70. The number of halogens is 2. The first-order chi connectivity index (χ1) is 16.2. The number of benzene rings is 3. The van der Waals surface area contributed by atoms with Crippen molar-refractivity contribution in [1.82, 2.24) is 0 Å². The summed E-state index contributed by atoms with van der Waals surface area (Å²) in [6.45, 7) is -0.626. The van der Waals surface area contributed by atoms with Crippen molar-refractivity contribution in [3.8, 4) is 0 Å². The van der Waals surface area contributed by atoms with Gasteiger partial charge in [0.15, 0.2) is 6.61 Å². The standard InChI is InChI=1S/C21H13Br2N3O7S/c22-14-9-12(25(29)30)10-15(23)20(14)24-19(27)11-33-21(28)13-5-1-3-7-17(13)34-18-8-4-2-6-16(18)26(31)32/h1-10H,11H2,(H,24,27). The fourth-order valence-corrected chi connectivity index (χ4v) is 5.11. The second-order valence-electron chi connectivity index (χ2n) is 6.49. The molecular weight excluding hydrogens is 598 g/mol. The smallest absolute Gasteiger partial charge is 0.339 e. The highest BCUT2D eigenvalue weighted by Crippen LogP contribution is 2.37. The van der Waals surface area contributed by atoms with Crippen LogP contribution in [0.4, 0.5) is 17.1 Å². The molecule has 0 aromatic heterocycles. The van der Waals surface area contributed by atoms with Crippen molar-refractivity contribution in [3.63, 3.8) is 0 Å². The molecule has 0 radical (unpaired) electrons. The molecule has 0 aliphatic heterocycles. The van der Waals surface area contributed by atoms with E-state index in [0.29, 0.717) is 9.79 Å². The molecule has 0 saturated heterocycles. The first-order valence-corrected chi connectivity index (χ1v) is 11.7. The fraction of sp³-hybridized carbons (Fsp3) is 0.0476. The van der Waals surface area contributed by atoms with Gasteiger partial charge in [0.2, 0.25) is 0 Å². The molecule has 0 fully saturated rings. The summed E-state index contributed by atoms with van der Waals surface area (Å²) >= 11 is 7.35. The van der Waals surface area contributed by atoms with E-state index in [1.54, 1.807) is 36.4 Å². The number of ether oxygens (including phenoxy) is 1. The summed E-state index contributed by atoms with van der Waals surface area (Å²) in [7, 11) is 0. The highest BCUT2D eigenvalue weighted by molar-refractivity contribution is 9.11. The minimum atomic E-state index is -0.793. The van der Waals surface area contributed by atoms with Crippen LogP contribution in [0.25, 0.3) is 0 Å². The number of amides is 1. The molecule has 1 N–H and O–H groups in total. The Kier molecular flexibility index (Phi) is 8.36. The molecule has 174 valence electrons. The third kappa shape index (κ3) is 6.18. The molecule has 3 aromatic rings. The molecule has 0 spiro atoms. The van der Waals surface area contributed by atoms with E-state index < -0.39 is 28.3 Å². The summed E-state index contributed by atoms with van der Waals surface area (Å²) < 4.78 is 5.65. The van der Waals surface area contributed by atoms with E-state index in [2.05, 4.69) is 37.2 Å². The van der Waals surface area contributed by atoms with Gasteiger partial charge in [0, 0.05) is 32.0 Å². The van der Waals surface area contributed by atoms with Gasteiger partial charge in [0.25, 0.3) is 17.3 Å². The molecule has 0 aliphatic rings. The van der Waals surface area contributed by atoms with Gasteiger partial charge in [0.05, 0.1) is 26.0 Å². The van der Waals surface area contributed by atoms with Crippen LogP contribution in [0.2, 0.25) is 0 Å². The van der Waals surface area contributed by atoms with Crippen LogP contribution in [0.5, 0.6) is 0 Å². The minimum absolute atomic E-state index is 0.103. The predicted octanol–water partition coefficient (Wildman–Crippen LogP) is 5.97. The van der Waals surface area contributed by atoms with E-state index in [0.717, 1.165) is 11.8 Å². The molecule has 13 heteroatoms. The zero-order chi connectivity index (χ0) is 24.8. The lowest BCUT2D eigenvalue weighted by Gasteiger charge is -2.11. The van der Waals surface area contributed by atoms with Crippen LogP contribution in [-0.2, 0) is 9.53 Å². The number of nitro groups is 2. The Morgan fingerprint density at radius 1 is 0.912 bits per heavy atom. The average Bonchev–Trinajstić information content (AvgIpc) is 2.80. The maximum atomic E-state index is 12.6.